The molecule has 1 saturated heterocycles. The second-order valence-electron chi connectivity index (χ2n) is 4.91. The molecule has 0 bridgehead atoms. The van der Waals surface area contributed by atoms with Gasteiger partial charge in [-0.25, -0.2) is 0 Å². The fourth-order valence-corrected chi connectivity index (χ4v) is 3.05. The first-order valence-corrected chi connectivity index (χ1v) is 6.19. The van der Waals surface area contributed by atoms with Gasteiger partial charge in [-0.15, -0.1) is 0 Å². The quantitative estimate of drug-likeness (QED) is 0.718. The van der Waals surface area contributed by atoms with Gasteiger partial charge in [0.05, 0.1) is 18.0 Å². The smallest absolute Gasteiger partial charge is 0.227 e. The third kappa shape index (κ3) is 1.14. The molecule has 5 heteroatoms. The van der Waals surface area contributed by atoms with E-state index in [0.717, 1.165) is 42.8 Å². The molecule has 0 spiro atoms. The number of nitrogens with zero attached hydrogens (tertiary/aromatic N) is 1. The summed E-state index contributed by atoms with van der Waals surface area (Å²) in [6, 6.07) is 0. The lowest BCUT2D eigenvalue weighted by Crippen LogP contribution is -2.46. The molecular weight excluding hydrogens is 230 g/mol. The molecule has 4 rings (SSSR count). The lowest BCUT2D eigenvalue weighted by molar-refractivity contribution is -0.0682. The van der Waals surface area contributed by atoms with E-state index in [1.807, 2.05) is 6.20 Å². The molecule has 2 N–H and O–H groups in total. The van der Waals surface area contributed by atoms with E-state index in [2.05, 4.69) is 9.88 Å². The van der Waals surface area contributed by atoms with Crippen LogP contribution in [0.5, 0.6) is 0 Å². The lowest BCUT2D eigenvalue weighted by atomic mass is 9.90. The zero-order chi connectivity index (χ0) is 12.3. The number of H-pyrrole nitrogens is 1. The molecule has 1 aliphatic carbocycles. The average Bonchev–Trinajstić information content (AvgIpc) is 2.80. The first-order chi connectivity index (χ1) is 8.75. The Morgan fingerprint density at radius 2 is 2.39 bits per heavy atom. The van der Waals surface area contributed by atoms with Crippen LogP contribution in [0.4, 0.5) is 0 Å². The summed E-state index contributed by atoms with van der Waals surface area (Å²) >= 11 is 0. The number of aromatic nitrogens is 1. The number of allylic oxidation sites excluding steroid dienone is 1. The Kier molecular flexibility index (Phi) is 1.86. The predicted octanol–water partition coefficient (Wildman–Crippen LogP) is 1.18. The van der Waals surface area contributed by atoms with Gasteiger partial charge in [0.1, 0.15) is 11.9 Å². The van der Waals surface area contributed by atoms with Crippen LogP contribution in [0.3, 0.4) is 0 Å². The van der Waals surface area contributed by atoms with Crippen molar-refractivity contribution in [1.29, 1.82) is 5.41 Å². The molecule has 2 aliphatic heterocycles. The minimum absolute atomic E-state index is 0.0529. The SMILES string of the molecule is N=C1C=C2c3c(c[nH]c3C1=O)C[C@H]1OCCCN21. The molecule has 3 heterocycles. The van der Waals surface area contributed by atoms with E-state index in [1.54, 1.807) is 6.08 Å². The highest BCUT2D eigenvalue weighted by molar-refractivity contribution is 6.51. The highest BCUT2D eigenvalue weighted by atomic mass is 16.5. The van der Waals surface area contributed by atoms with Crippen molar-refractivity contribution in [2.24, 2.45) is 0 Å². The topological polar surface area (TPSA) is 69.2 Å². The number of rotatable bonds is 0. The highest BCUT2D eigenvalue weighted by Crippen LogP contribution is 2.38. The number of hydrogen-bond acceptors (Lipinski definition) is 4. The number of hydrogen-bond donors (Lipinski definition) is 2. The summed E-state index contributed by atoms with van der Waals surface area (Å²) in [7, 11) is 0. The van der Waals surface area contributed by atoms with Gasteiger partial charge >= 0.3 is 0 Å². The summed E-state index contributed by atoms with van der Waals surface area (Å²) in [5.41, 5.74) is 3.70. The van der Waals surface area contributed by atoms with E-state index in [9.17, 15) is 4.79 Å². The van der Waals surface area contributed by atoms with Gasteiger partial charge in [0.25, 0.3) is 0 Å². The molecule has 0 unspecified atom stereocenters. The summed E-state index contributed by atoms with van der Waals surface area (Å²) in [5.74, 6) is -0.212. The zero-order valence-corrected chi connectivity index (χ0v) is 9.82. The standard InChI is InChI=1S/C13H13N3O2/c14-8-5-9-11-7(6-15-12(11)13(8)17)4-10-16(9)2-1-3-18-10/h5-6,10,14-15H,1-4H2/t10-/m1/s1. The third-order valence-electron chi connectivity index (χ3n) is 3.88. The number of carbonyl (C=O) groups is 1. The van der Waals surface area contributed by atoms with Gasteiger partial charge in [-0.2, -0.15) is 0 Å². The van der Waals surface area contributed by atoms with Crippen LogP contribution in [0.1, 0.15) is 28.0 Å². The van der Waals surface area contributed by atoms with Crippen LogP contribution in [-0.4, -0.2) is 40.8 Å². The molecule has 18 heavy (non-hydrogen) atoms. The van der Waals surface area contributed by atoms with Crippen LogP contribution in [0.15, 0.2) is 12.3 Å². The van der Waals surface area contributed by atoms with Crippen molar-refractivity contribution in [3.05, 3.63) is 29.1 Å². The molecule has 0 amide bonds. The Balaban J connectivity index is 1.93. The van der Waals surface area contributed by atoms with E-state index in [4.69, 9.17) is 10.1 Å². The van der Waals surface area contributed by atoms with Crippen molar-refractivity contribution in [3.8, 4) is 0 Å². The van der Waals surface area contributed by atoms with Gasteiger partial charge in [-0.1, -0.05) is 0 Å². The molecular formula is C13H13N3O2. The number of ketones is 1. The van der Waals surface area contributed by atoms with E-state index >= 15 is 0 Å². The van der Waals surface area contributed by atoms with Crippen molar-refractivity contribution in [2.45, 2.75) is 19.1 Å². The number of nitrogens with one attached hydrogen (secondary N) is 2. The van der Waals surface area contributed by atoms with E-state index in [1.165, 1.54) is 0 Å². The summed E-state index contributed by atoms with van der Waals surface area (Å²) in [5, 5.41) is 7.79. The van der Waals surface area contributed by atoms with Crippen LogP contribution in [0.2, 0.25) is 0 Å². The summed E-state index contributed by atoms with van der Waals surface area (Å²) in [4.78, 5) is 17.1. The molecule has 3 aliphatic rings. The van der Waals surface area contributed by atoms with Crippen molar-refractivity contribution in [2.75, 3.05) is 13.2 Å². The van der Waals surface area contributed by atoms with Crippen LogP contribution in [-0.2, 0) is 11.2 Å². The monoisotopic (exact) mass is 243 g/mol. The zero-order valence-electron chi connectivity index (χ0n) is 9.82. The minimum atomic E-state index is -0.212. The first kappa shape index (κ1) is 10.1. The summed E-state index contributed by atoms with van der Waals surface area (Å²) in [6.45, 7) is 1.72. The molecule has 92 valence electrons. The number of fused-ring (bicyclic) bond motifs is 2. The van der Waals surface area contributed by atoms with Crippen molar-refractivity contribution in [3.63, 3.8) is 0 Å². The van der Waals surface area contributed by atoms with Crippen LogP contribution >= 0.6 is 0 Å². The highest BCUT2D eigenvalue weighted by Gasteiger charge is 2.38. The number of aromatic amines is 1. The Labute approximate surface area is 104 Å². The Hall–Kier alpha value is -1.88. The summed E-state index contributed by atoms with van der Waals surface area (Å²) < 4.78 is 5.78. The Bertz CT molecular complexity index is 599. The molecule has 0 radical (unpaired) electrons. The van der Waals surface area contributed by atoms with Gasteiger partial charge in [0.2, 0.25) is 5.78 Å². The van der Waals surface area contributed by atoms with Crippen LogP contribution in [0, 0.1) is 5.41 Å². The number of Topliss-reactive ketones (excluding diaryl/α,β-unsaturated/α-hetero) is 1. The fourth-order valence-electron chi connectivity index (χ4n) is 3.05. The maximum absolute atomic E-state index is 11.9. The second-order valence-corrected chi connectivity index (χ2v) is 4.91. The van der Waals surface area contributed by atoms with Gasteiger partial charge in [0, 0.05) is 24.7 Å². The molecule has 1 aromatic heterocycles. The van der Waals surface area contributed by atoms with Gasteiger partial charge in [-0.05, 0) is 18.1 Å². The molecule has 1 atom stereocenters. The van der Waals surface area contributed by atoms with Crippen molar-refractivity contribution in [1.82, 2.24) is 9.88 Å². The Morgan fingerprint density at radius 1 is 1.50 bits per heavy atom. The first-order valence-electron chi connectivity index (χ1n) is 6.19. The normalized spacial score (nSPS) is 25.7. The second kappa shape index (κ2) is 3.32. The lowest BCUT2D eigenvalue weighted by Gasteiger charge is -2.43. The van der Waals surface area contributed by atoms with Gasteiger partial charge < -0.3 is 14.6 Å². The minimum Gasteiger partial charge on any atom is -0.358 e. The number of carbonyl (C=O) groups excluding carboxylic acids is 1. The van der Waals surface area contributed by atoms with Crippen molar-refractivity contribution >= 4 is 17.2 Å². The molecule has 1 fully saturated rings. The van der Waals surface area contributed by atoms with Crippen molar-refractivity contribution < 1.29 is 9.53 Å². The molecule has 0 saturated carbocycles. The largest absolute Gasteiger partial charge is 0.358 e. The summed E-state index contributed by atoms with van der Waals surface area (Å²) in [6.07, 6.45) is 5.42. The number of ether oxygens (including phenoxy) is 1. The average molecular weight is 243 g/mol. The molecule has 5 nitrogen and oxygen atoms in total. The van der Waals surface area contributed by atoms with E-state index < -0.39 is 0 Å². The fraction of sp³-hybridized carbons (Fsp3) is 0.385. The molecule has 0 aromatic carbocycles. The van der Waals surface area contributed by atoms with Crippen LogP contribution in [0.25, 0.3) is 5.70 Å². The predicted molar refractivity (Wildman–Crippen MR) is 65.6 cm³/mol. The maximum Gasteiger partial charge on any atom is 0.227 e. The van der Waals surface area contributed by atoms with Crippen LogP contribution < -0.4 is 0 Å². The Morgan fingerprint density at radius 3 is 3.28 bits per heavy atom. The third-order valence-corrected chi connectivity index (χ3v) is 3.88. The van der Waals surface area contributed by atoms with E-state index in [0.29, 0.717) is 5.69 Å². The van der Waals surface area contributed by atoms with Gasteiger partial charge in [0.15, 0.2) is 0 Å². The molecule has 1 aromatic rings. The van der Waals surface area contributed by atoms with Gasteiger partial charge in [-0.3, -0.25) is 10.2 Å². The maximum atomic E-state index is 11.9. The van der Waals surface area contributed by atoms with E-state index in [-0.39, 0.29) is 17.7 Å².